The predicted octanol–water partition coefficient (Wildman–Crippen LogP) is 4.79. The fourth-order valence-electron chi connectivity index (χ4n) is 6.81. The van der Waals surface area contributed by atoms with E-state index in [2.05, 4.69) is 26.8 Å². The maximum Gasteiger partial charge on any atom is 0.380 e. The fourth-order valence-corrected chi connectivity index (χ4v) is 7.18. The third-order valence-electron chi connectivity index (χ3n) is 7.86. The van der Waals surface area contributed by atoms with E-state index in [1.165, 1.54) is 49.7 Å². The highest BCUT2D eigenvalue weighted by Crippen LogP contribution is 2.63. The Labute approximate surface area is 164 Å². The Bertz CT molecular complexity index is 819. The summed E-state index contributed by atoms with van der Waals surface area (Å²) in [6.07, 6.45) is 8.97. The molecule has 2 saturated carbocycles. The van der Waals surface area contributed by atoms with Crippen LogP contribution in [0.25, 0.3) is 0 Å². The minimum absolute atomic E-state index is 0.341. The smallest absolute Gasteiger partial charge is 0.371 e. The van der Waals surface area contributed by atoms with Crippen LogP contribution in [0, 0.1) is 29.1 Å². The summed E-state index contributed by atoms with van der Waals surface area (Å²) in [4.78, 5) is 0. The molecule has 0 radical (unpaired) electrons. The molecule has 0 aliphatic heterocycles. The third-order valence-corrected chi connectivity index (χ3v) is 8.29. The van der Waals surface area contributed by atoms with Crippen molar-refractivity contribution in [2.75, 3.05) is 0 Å². The zero-order chi connectivity index (χ0) is 19.4. The molecular formula is C22H33NO3S. The molecule has 5 atom stereocenters. The number of rotatable bonds is 4. The molecule has 0 aromatic heterocycles. The molecule has 5 unspecified atom stereocenters. The van der Waals surface area contributed by atoms with Crippen LogP contribution in [0.3, 0.4) is 0 Å². The van der Waals surface area contributed by atoms with Gasteiger partial charge in [0.25, 0.3) is 0 Å². The summed E-state index contributed by atoms with van der Waals surface area (Å²) >= 11 is 0. The summed E-state index contributed by atoms with van der Waals surface area (Å²) in [6.45, 7) is 7.30. The van der Waals surface area contributed by atoms with Gasteiger partial charge in [-0.1, -0.05) is 26.8 Å². The zero-order valence-corrected chi connectivity index (χ0v) is 17.6. The second-order valence-corrected chi connectivity index (χ2v) is 11.0. The van der Waals surface area contributed by atoms with Gasteiger partial charge in [0, 0.05) is 0 Å². The molecule has 0 heterocycles. The highest BCUT2D eigenvalue weighted by atomic mass is 32.2. The number of hydrogen-bond donors (Lipinski definition) is 1. The quantitative estimate of drug-likeness (QED) is 0.802. The van der Waals surface area contributed by atoms with Crippen molar-refractivity contribution in [3.05, 3.63) is 29.3 Å². The van der Waals surface area contributed by atoms with Gasteiger partial charge in [-0.15, -0.1) is 0 Å². The van der Waals surface area contributed by atoms with Crippen LogP contribution >= 0.6 is 0 Å². The van der Waals surface area contributed by atoms with Gasteiger partial charge in [0.1, 0.15) is 5.75 Å². The highest BCUT2D eigenvalue weighted by Gasteiger charge is 2.54. The summed E-state index contributed by atoms with van der Waals surface area (Å²) in [5.41, 5.74) is 3.18. The first kappa shape index (κ1) is 19.3. The molecule has 0 bridgehead atoms. The van der Waals surface area contributed by atoms with Gasteiger partial charge in [0.05, 0.1) is 0 Å². The molecule has 1 aromatic carbocycles. The Morgan fingerprint density at radius 3 is 2.70 bits per heavy atom. The molecular weight excluding hydrogens is 358 g/mol. The summed E-state index contributed by atoms with van der Waals surface area (Å²) in [6, 6.07) is 5.76. The molecule has 0 spiro atoms. The number of aryl methyl sites for hydroxylation is 1. The van der Waals surface area contributed by atoms with E-state index >= 15 is 0 Å². The summed E-state index contributed by atoms with van der Waals surface area (Å²) in [5.74, 6) is 4.25. The van der Waals surface area contributed by atoms with Crippen molar-refractivity contribution in [3.8, 4) is 5.75 Å². The van der Waals surface area contributed by atoms with Gasteiger partial charge in [-0.25, -0.2) is 0 Å². The predicted molar refractivity (Wildman–Crippen MR) is 108 cm³/mol. The highest BCUT2D eigenvalue weighted by molar-refractivity contribution is 7.84. The first-order chi connectivity index (χ1) is 12.7. The molecule has 2 N–H and O–H groups in total. The average Bonchev–Trinajstić information content (AvgIpc) is 2.89. The lowest BCUT2D eigenvalue weighted by atomic mass is 9.53. The molecule has 27 heavy (non-hydrogen) atoms. The maximum atomic E-state index is 11.2. The van der Waals surface area contributed by atoms with E-state index in [9.17, 15) is 8.42 Å². The first-order valence-corrected chi connectivity index (χ1v) is 12.0. The van der Waals surface area contributed by atoms with Crippen molar-refractivity contribution in [3.63, 3.8) is 0 Å². The second kappa shape index (κ2) is 6.77. The second-order valence-electron chi connectivity index (χ2n) is 9.80. The first-order valence-electron chi connectivity index (χ1n) is 10.5. The van der Waals surface area contributed by atoms with Gasteiger partial charge in [0.2, 0.25) is 0 Å². The van der Waals surface area contributed by atoms with Gasteiger partial charge >= 0.3 is 10.3 Å². The van der Waals surface area contributed by atoms with Crippen LogP contribution in [0.4, 0.5) is 0 Å². The number of benzene rings is 1. The van der Waals surface area contributed by atoms with Crippen LogP contribution in [0.2, 0.25) is 0 Å². The van der Waals surface area contributed by atoms with Gasteiger partial charge in [0.15, 0.2) is 0 Å². The van der Waals surface area contributed by atoms with Crippen molar-refractivity contribution in [2.24, 2.45) is 34.2 Å². The Hall–Kier alpha value is -1.07. The van der Waals surface area contributed by atoms with E-state index in [1.54, 1.807) is 6.07 Å². The molecule has 1 aromatic rings. The van der Waals surface area contributed by atoms with E-state index in [-0.39, 0.29) is 0 Å². The molecule has 0 amide bonds. The summed E-state index contributed by atoms with van der Waals surface area (Å²) in [5, 5.41) is 5.02. The van der Waals surface area contributed by atoms with Crippen LogP contribution in [0.15, 0.2) is 18.2 Å². The topological polar surface area (TPSA) is 69.4 Å². The lowest BCUT2D eigenvalue weighted by molar-refractivity contribution is 0.0223. The van der Waals surface area contributed by atoms with Gasteiger partial charge < -0.3 is 4.18 Å². The Kier molecular flexibility index (Phi) is 4.83. The molecule has 5 heteroatoms. The van der Waals surface area contributed by atoms with Crippen molar-refractivity contribution >= 4 is 10.3 Å². The van der Waals surface area contributed by atoms with Gasteiger partial charge in [-0.05, 0) is 103 Å². The average molecular weight is 392 g/mol. The van der Waals surface area contributed by atoms with Crippen LogP contribution in [0.1, 0.15) is 76.3 Å². The van der Waals surface area contributed by atoms with Gasteiger partial charge in [-0.3, -0.25) is 0 Å². The van der Waals surface area contributed by atoms with E-state index in [4.69, 9.17) is 9.32 Å². The largest absolute Gasteiger partial charge is 0.380 e. The Balaban J connectivity index is 1.58. The van der Waals surface area contributed by atoms with Crippen LogP contribution < -0.4 is 9.32 Å². The molecule has 2 fully saturated rings. The normalized spacial score (nSPS) is 35.4. The minimum atomic E-state index is -3.96. The Morgan fingerprint density at radius 1 is 1.22 bits per heavy atom. The lowest BCUT2D eigenvalue weighted by Crippen LogP contribution is -2.42. The summed E-state index contributed by atoms with van der Waals surface area (Å²) < 4.78 is 27.3. The SMILES string of the molecule is CC(C)CC1CCC2C3CCc4cc(OS(N)(=O)=O)ccc4C3CCC12C. The van der Waals surface area contributed by atoms with E-state index in [1.807, 2.05) is 6.07 Å². The zero-order valence-electron chi connectivity index (χ0n) is 16.8. The van der Waals surface area contributed by atoms with Gasteiger partial charge in [-0.2, -0.15) is 13.6 Å². The van der Waals surface area contributed by atoms with Crippen LogP contribution in [-0.2, 0) is 16.7 Å². The number of fused-ring (bicyclic) bond motifs is 5. The molecule has 3 aliphatic carbocycles. The van der Waals surface area contributed by atoms with E-state index in [0.29, 0.717) is 17.1 Å². The van der Waals surface area contributed by atoms with Crippen LogP contribution in [0.5, 0.6) is 5.75 Å². The minimum Gasteiger partial charge on any atom is -0.371 e. The van der Waals surface area contributed by atoms with E-state index < -0.39 is 10.3 Å². The lowest BCUT2D eigenvalue weighted by Gasteiger charge is -2.51. The molecule has 4 rings (SSSR count). The molecule has 4 nitrogen and oxygen atoms in total. The van der Waals surface area contributed by atoms with Crippen molar-refractivity contribution in [2.45, 2.75) is 71.6 Å². The number of nitrogens with two attached hydrogens (primary N) is 1. The Morgan fingerprint density at radius 2 is 2.00 bits per heavy atom. The monoisotopic (exact) mass is 391 g/mol. The number of hydrogen-bond acceptors (Lipinski definition) is 3. The van der Waals surface area contributed by atoms with E-state index in [0.717, 1.165) is 30.1 Å². The standard InChI is InChI=1S/C22H33NO3S/c1-14(2)12-16-5-9-21-20-7-4-15-13-17(26-27(23,24)25)6-8-18(15)19(20)10-11-22(16,21)3/h6,8,13-14,16,19-21H,4-5,7,9-12H2,1-3H3,(H2,23,24,25). The molecule has 150 valence electrons. The van der Waals surface area contributed by atoms with Crippen molar-refractivity contribution < 1.29 is 12.6 Å². The fraction of sp³-hybridized carbons (Fsp3) is 0.727. The van der Waals surface area contributed by atoms with Crippen LogP contribution in [-0.4, -0.2) is 8.42 Å². The van der Waals surface area contributed by atoms with Crippen molar-refractivity contribution in [1.29, 1.82) is 0 Å². The van der Waals surface area contributed by atoms with Crippen molar-refractivity contribution in [1.82, 2.24) is 0 Å². The summed E-state index contributed by atoms with van der Waals surface area (Å²) in [7, 11) is -3.96. The third kappa shape index (κ3) is 3.53. The maximum absolute atomic E-state index is 11.2. The molecule has 0 saturated heterocycles. The molecule has 3 aliphatic rings.